The molecule has 2 rings (SSSR count). The largest absolute Gasteiger partial charge is 0.314 e. The Morgan fingerprint density at radius 2 is 2.11 bits per heavy atom. The first kappa shape index (κ1) is 13.3. The molecular weight excluding hydrogens is 224 g/mol. The van der Waals surface area contributed by atoms with E-state index in [-0.39, 0.29) is 5.56 Å². The van der Waals surface area contributed by atoms with Gasteiger partial charge in [-0.25, -0.2) is 0 Å². The first-order valence-corrected chi connectivity index (χ1v) is 7.05. The quantitative estimate of drug-likeness (QED) is 0.887. The van der Waals surface area contributed by atoms with E-state index in [1.807, 2.05) is 12.3 Å². The van der Waals surface area contributed by atoms with Gasteiger partial charge in [-0.15, -0.1) is 0 Å². The normalized spacial score (nSPS) is 28.2. The lowest BCUT2D eigenvalue weighted by atomic mass is 9.79. The van der Waals surface area contributed by atoms with E-state index in [9.17, 15) is 4.79 Å². The molecule has 0 spiro atoms. The van der Waals surface area contributed by atoms with Gasteiger partial charge in [0, 0.05) is 31.4 Å². The van der Waals surface area contributed by atoms with Crippen LogP contribution in [-0.2, 0) is 6.54 Å². The van der Waals surface area contributed by atoms with Crippen molar-refractivity contribution in [2.75, 3.05) is 6.54 Å². The minimum absolute atomic E-state index is 0.0879. The Balaban J connectivity index is 1.76. The van der Waals surface area contributed by atoms with Crippen LogP contribution in [0.4, 0.5) is 0 Å². The van der Waals surface area contributed by atoms with Gasteiger partial charge in [0.1, 0.15) is 0 Å². The highest BCUT2D eigenvalue weighted by molar-refractivity contribution is 4.93. The summed E-state index contributed by atoms with van der Waals surface area (Å²) >= 11 is 0. The minimum atomic E-state index is 0.0879. The molecule has 0 saturated heterocycles. The van der Waals surface area contributed by atoms with Crippen LogP contribution in [0.3, 0.4) is 0 Å². The fraction of sp³-hybridized carbons (Fsp3) is 0.667. The maximum absolute atomic E-state index is 11.5. The van der Waals surface area contributed by atoms with Gasteiger partial charge in [-0.3, -0.25) is 4.79 Å². The van der Waals surface area contributed by atoms with E-state index in [4.69, 9.17) is 0 Å². The maximum Gasteiger partial charge on any atom is 0.250 e. The summed E-state index contributed by atoms with van der Waals surface area (Å²) in [5, 5.41) is 3.59. The SMILES string of the molecule is CC1CCC(NCCn2ccccc2=O)CC1C. The standard InChI is InChI=1S/C15H24N2O/c1-12-6-7-14(11-13(12)2)16-8-10-17-9-4-3-5-15(17)18/h3-5,9,12-14,16H,6-8,10-11H2,1-2H3. The second-order valence-electron chi connectivity index (χ2n) is 5.65. The molecule has 0 aromatic carbocycles. The second-order valence-corrected chi connectivity index (χ2v) is 5.65. The van der Waals surface area contributed by atoms with E-state index in [1.54, 1.807) is 16.7 Å². The molecule has 1 aliphatic carbocycles. The van der Waals surface area contributed by atoms with Crippen LogP contribution in [0.15, 0.2) is 29.2 Å². The van der Waals surface area contributed by atoms with Crippen molar-refractivity contribution in [3.05, 3.63) is 34.7 Å². The monoisotopic (exact) mass is 248 g/mol. The summed E-state index contributed by atoms with van der Waals surface area (Å²) in [5.41, 5.74) is 0.0879. The third-order valence-electron chi connectivity index (χ3n) is 4.28. The van der Waals surface area contributed by atoms with Crippen LogP contribution < -0.4 is 10.9 Å². The highest BCUT2D eigenvalue weighted by Gasteiger charge is 2.23. The molecule has 0 radical (unpaired) electrons. The molecule has 3 nitrogen and oxygen atoms in total. The average molecular weight is 248 g/mol. The van der Waals surface area contributed by atoms with Gasteiger partial charge in [-0.1, -0.05) is 19.9 Å². The van der Waals surface area contributed by atoms with Crippen molar-refractivity contribution in [3.63, 3.8) is 0 Å². The Morgan fingerprint density at radius 1 is 1.28 bits per heavy atom. The Kier molecular flexibility index (Phi) is 4.59. The molecule has 1 aromatic heterocycles. The molecule has 3 heteroatoms. The number of hydrogen-bond donors (Lipinski definition) is 1. The molecule has 0 bridgehead atoms. The summed E-state index contributed by atoms with van der Waals surface area (Å²) in [6.07, 6.45) is 5.72. The molecular formula is C15H24N2O. The van der Waals surface area contributed by atoms with Crippen molar-refractivity contribution in [2.45, 2.75) is 45.7 Å². The van der Waals surface area contributed by atoms with Gasteiger partial charge in [0.2, 0.25) is 0 Å². The summed E-state index contributed by atoms with van der Waals surface area (Å²) < 4.78 is 1.77. The highest BCUT2D eigenvalue weighted by atomic mass is 16.1. The summed E-state index contributed by atoms with van der Waals surface area (Å²) in [6, 6.07) is 5.95. The van der Waals surface area contributed by atoms with Crippen LogP contribution in [0, 0.1) is 11.8 Å². The van der Waals surface area contributed by atoms with Gasteiger partial charge in [-0.05, 0) is 37.2 Å². The Morgan fingerprint density at radius 3 is 2.83 bits per heavy atom. The zero-order valence-electron chi connectivity index (χ0n) is 11.4. The predicted octanol–water partition coefficient (Wildman–Crippen LogP) is 2.26. The van der Waals surface area contributed by atoms with Crippen LogP contribution in [0.25, 0.3) is 0 Å². The number of nitrogens with one attached hydrogen (secondary N) is 1. The lowest BCUT2D eigenvalue weighted by Crippen LogP contribution is -2.38. The zero-order chi connectivity index (χ0) is 13.0. The first-order valence-electron chi connectivity index (χ1n) is 7.05. The number of hydrogen-bond acceptors (Lipinski definition) is 2. The molecule has 1 aliphatic rings. The minimum Gasteiger partial charge on any atom is -0.314 e. The van der Waals surface area contributed by atoms with Crippen molar-refractivity contribution >= 4 is 0 Å². The van der Waals surface area contributed by atoms with Gasteiger partial charge in [0.15, 0.2) is 0 Å². The van der Waals surface area contributed by atoms with E-state index in [1.165, 1.54) is 19.3 Å². The van der Waals surface area contributed by atoms with Gasteiger partial charge in [0.05, 0.1) is 0 Å². The van der Waals surface area contributed by atoms with E-state index in [0.29, 0.717) is 6.04 Å². The molecule has 100 valence electrons. The summed E-state index contributed by atoms with van der Waals surface area (Å²) in [6.45, 7) is 6.35. The molecule has 1 N–H and O–H groups in total. The fourth-order valence-electron chi connectivity index (χ4n) is 2.77. The molecule has 1 saturated carbocycles. The van der Waals surface area contributed by atoms with Gasteiger partial charge >= 0.3 is 0 Å². The van der Waals surface area contributed by atoms with Crippen molar-refractivity contribution < 1.29 is 0 Å². The predicted molar refractivity (Wildman–Crippen MR) is 74.7 cm³/mol. The van der Waals surface area contributed by atoms with Crippen LogP contribution in [-0.4, -0.2) is 17.2 Å². The van der Waals surface area contributed by atoms with Crippen molar-refractivity contribution in [1.29, 1.82) is 0 Å². The number of aromatic nitrogens is 1. The van der Waals surface area contributed by atoms with Gasteiger partial charge in [-0.2, -0.15) is 0 Å². The molecule has 1 heterocycles. The van der Waals surface area contributed by atoms with Crippen LogP contribution in [0.1, 0.15) is 33.1 Å². The number of nitrogens with zero attached hydrogens (tertiary/aromatic N) is 1. The Labute approximate surface area is 109 Å². The highest BCUT2D eigenvalue weighted by Crippen LogP contribution is 2.29. The lowest BCUT2D eigenvalue weighted by molar-refractivity contribution is 0.225. The van der Waals surface area contributed by atoms with Crippen LogP contribution in [0.2, 0.25) is 0 Å². The summed E-state index contributed by atoms with van der Waals surface area (Å²) in [7, 11) is 0. The van der Waals surface area contributed by atoms with E-state index in [2.05, 4.69) is 19.2 Å². The topological polar surface area (TPSA) is 34.0 Å². The van der Waals surface area contributed by atoms with E-state index >= 15 is 0 Å². The Hall–Kier alpha value is -1.09. The second kappa shape index (κ2) is 6.19. The van der Waals surface area contributed by atoms with Gasteiger partial charge in [0.25, 0.3) is 5.56 Å². The summed E-state index contributed by atoms with van der Waals surface area (Å²) in [5.74, 6) is 1.68. The third kappa shape index (κ3) is 3.45. The smallest absolute Gasteiger partial charge is 0.250 e. The van der Waals surface area contributed by atoms with E-state index in [0.717, 1.165) is 24.9 Å². The van der Waals surface area contributed by atoms with Crippen molar-refractivity contribution in [2.24, 2.45) is 11.8 Å². The fourth-order valence-corrected chi connectivity index (χ4v) is 2.77. The molecule has 18 heavy (non-hydrogen) atoms. The summed E-state index contributed by atoms with van der Waals surface area (Å²) in [4.78, 5) is 11.5. The molecule has 3 atom stereocenters. The first-order chi connectivity index (χ1) is 8.66. The number of pyridine rings is 1. The molecule has 1 fully saturated rings. The molecule has 3 unspecified atom stereocenters. The van der Waals surface area contributed by atoms with E-state index < -0.39 is 0 Å². The number of rotatable bonds is 4. The average Bonchev–Trinajstić information content (AvgIpc) is 2.36. The van der Waals surface area contributed by atoms with Crippen molar-refractivity contribution in [3.8, 4) is 0 Å². The lowest BCUT2D eigenvalue weighted by Gasteiger charge is -2.32. The Bertz CT molecular complexity index is 427. The third-order valence-corrected chi connectivity index (χ3v) is 4.28. The van der Waals surface area contributed by atoms with Crippen LogP contribution >= 0.6 is 0 Å². The van der Waals surface area contributed by atoms with Crippen molar-refractivity contribution in [1.82, 2.24) is 9.88 Å². The van der Waals surface area contributed by atoms with Gasteiger partial charge < -0.3 is 9.88 Å². The zero-order valence-corrected chi connectivity index (χ0v) is 11.4. The maximum atomic E-state index is 11.5. The molecule has 1 aromatic rings. The molecule has 0 amide bonds. The molecule has 0 aliphatic heterocycles. The van der Waals surface area contributed by atoms with Crippen LogP contribution in [0.5, 0.6) is 0 Å².